The van der Waals surface area contributed by atoms with Gasteiger partial charge in [0, 0.05) is 20.1 Å². The van der Waals surface area contributed by atoms with Gasteiger partial charge < -0.3 is 14.2 Å². The summed E-state index contributed by atoms with van der Waals surface area (Å²) < 4.78 is 16.4. The van der Waals surface area contributed by atoms with Crippen molar-refractivity contribution in [1.29, 1.82) is 0 Å². The van der Waals surface area contributed by atoms with E-state index in [-0.39, 0.29) is 5.92 Å². The number of benzene rings is 1. The molecular formula is C23H38O3. The van der Waals surface area contributed by atoms with Crippen molar-refractivity contribution in [3.63, 3.8) is 0 Å². The molecule has 0 bridgehead atoms. The second kappa shape index (κ2) is 12.3. The van der Waals surface area contributed by atoms with Crippen molar-refractivity contribution in [2.75, 3.05) is 34.0 Å². The highest BCUT2D eigenvalue weighted by Gasteiger charge is 2.22. The van der Waals surface area contributed by atoms with E-state index in [1.807, 2.05) is 0 Å². The zero-order valence-corrected chi connectivity index (χ0v) is 17.0. The van der Waals surface area contributed by atoms with Gasteiger partial charge in [0.15, 0.2) is 0 Å². The van der Waals surface area contributed by atoms with Crippen LogP contribution in [-0.4, -0.2) is 34.0 Å². The van der Waals surface area contributed by atoms with E-state index in [1.165, 1.54) is 56.9 Å². The predicted molar refractivity (Wildman–Crippen MR) is 108 cm³/mol. The van der Waals surface area contributed by atoms with Crippen LogP contribution in [-0.2, 0) is 9.47 Å². The van der Waals surface area contributed by atoms with E-state index < -0.39 is 0 Å². The summed E-state index contributed by atoms with van der Waals surface area (Å²) >= 11 is 0. The molecular weight excluding hydrogens is 324 g/mol. The van der Waals surface area contributed by atoms with Gasteiger partial charge in [-0.2, -0.15) is 0 Å². The maximum absolute atomic E-state index is 5.93. The van der Waals surface area contributed by atoms with Crippen molar-refractivity contribution in [3.05, 3.63) is 29.8 Å². The third kappa shape index (κ3) is 7.28. The van der Waals surface area contributed by atoms with Crippen molar-refractivity contribution in [3.8, 4) is 5.75 Å². The summed E-state index contributed by atoms with van der Waals surface area (Å²) in [5.74, 6) is 2.92. The average Bonchev–Trinajstić information content (AvgIpc) is 2.68. The van der Waals surface area contributed by atoms with Crippen LogP contribution >= 0.6 is 0 Å². The number of rotatable bonds is 12. The third-order valence-corrected chi connectivity index (χ3v) is 5.70. The Hall–Kier alpha value is -1.06. The Morgan fingerprint density at radius 2 is 1.54 bits per heavy atom. The van der Waals surface area contributed by atoms with Crippen LogP contribution in [0.15, 0.2) is 24.3 Å². The molecule has 0 saturated heterocycles. The zero-order chi connectivity index (χ0) is 18.6. The number of hydrogen-bond donors (Lipinski definition) is 0. The molecule has 0 heterocycles. The molecule has 0 aliphatic heterocycles. The van der Waals surface area contributed by atoms with Crippen molar-refractivity contribution >= 4 is 0 Å². The maximum atomic E-state index is 5.93. The minimum atomic E-state index is 0.271. The van der Waals surface area contributed by atoms with Gasteiger partial charge in [-0.15, -0.1) is 0 Å². The molecule has 1 aromatic carbocycles. The lowest BCUT2D eigenvalue weighted by atomic mass is 9.77. The van der Waals surface area contributed by atoms with Crippen LogP contribution < -0.4 is 4.74 Å². The molecule has 0 N–H and O–H groups in total. The van der Waals surface area contributed by atoms with E-state index in [9.17, 15) is 0 Å². The van der Waals surface area contributed by atoms with Gasteiger partial charge >= 0.3 is 0 Å². The first-order chi connectivity index (χ1) is 12.8. The normalized spacial score (nSPS) is 20.5. The van der Waals surface area contributed by atoms with Crippen LogP contribution in [0.2, 0.25) is 0 Å². The molecule has 3 nitrogen and oxygen atoms in total. The van der Waals surface area contributed by atoms with E-state index in [1.54, 1.807) is 14.2 Å². The summed E-state index contributed by atoms with van der Waals surface area (Å²) in [5, 5.41) is 0. The van der Waals surface area contributed by atoms with Crippen molar-refractivity contribution in [1.82, 2.24) is 0 Å². The SMILES string of the molecule is CCCCCC1CCC(c2ccc(OCC(COC)COC)cc2)CC1. The standard InChI is InChI=1S/C23H38O3/c1-4-5-6-7-19-8-10-21(11-9-19)22-12-14-23(15-13-22)26-18-20(16-24-2)17-25-3/h12-15,19-21H,4-11,16-18H2,1-3H3. The Kier molecular flexibility index (Phi) is 10.1. The molecule has 26 heavy (non-hydrogen) atoms. The van der Waals surface area contributed by atoms with Gasteiger partial charge in [0.1, 0.15) is 5.75 Å². The molecule has 1 saturated carbocycles. The van der Waals surface area contributed by atoms with Gasteiger partial charge in [-0.25, -0.2) is 0 Å². The number of ether oxygens (including phenoxy) is 3. The van der Waals surface area contributed by atoms with Crippen LogP contribution in [0.4, 0.5) is 0 Å². The van der Waals surface area contributed by atoms with Gasteiger partial charge in [-0.05, 0) is 55.2 Å². The fourth-order valence-electron chi connectivity index (χ4n) is 4.13. The molecule has 1 fully saturated rings. The highest BCUT2D eigenvalue weighted by atomic mass is 16.5. The molecule has 1 aliphatic carbocycles. The molecule has 0 radical (unpaired) electrons. The lowest BCUT2D eigenvalue weighted by Gasteiger charge is -2.29. The van der Waals surface area contributed by atoms with Crippen LogP contribution in [0.3, 0.4) is 0 Å². The predicted octanol–water partition coefficient (Wildman–Crippen LogP) is 5.83. The van der Waals surface area contributed by atoms with Gasteiger partial charge in [0.2, 0.25) is 0 Å². The van der Waals surface area contributed by atoms with E-state index in [2.05, 4.69) is 31.2 Å². The number of unbranched alkanes of at least 4 members (excludes halogenated alkanes) is 2. The molecule has 1 aliphatic rings. The number of methoxy groups -OCH3 is 2. The quantitative estimate of drug-likeness (QED) is 0.438. The van der Waals surface area contributed by atoms with Crippen LogP contribution in [0, 0.1) is 11.8 Å². The zero-order valence-electron chi connectivity index (χ0n) is 17.0. The average molecular weight is 363 g/mol. The lowest BCUT2D eigenvalue weighted by Crippen LogP contribution is -2.22. The summed E-state index contributed by atoms with van der Waals surface area (Å²) in [4.78, 5) is 0. The highest BCUT2D eigenvalue weighted by Crippen LogP contribution is 2.38. The van der Waals surface area contributed by atoms with Crippen LogP contribution in [0.5, 0.6) is 5.75 Å². The minimum Gasteiger partial charge on any atom is -0.493 e. The Morgan fingerprint density at radius 1 is 0.885 bits per heavy atom. The Balaban J connectivity index is 1.75. The molecule has 0 unspecified atom stereocenters. The van der Waals surface area contributed by atoms with Gasteiger partial charge in [0.05, 0.1) is 19.8 Å². The van der Waals surface area contributed by atoms with E-state index in [0.717, 1.165) is 17.6 Å². The third-order valence-electron chi connectivity index (χ3n) is 5.70. The summed E-state index contributed by atoms with van der Waals surface area (Å²) in [6.45, 7) is 4.24. The van der Waals surface area contributed by atoms with Crippen molar-refractivity contribution in [2.24, 2.45) is 11.8 Å². The fraction of sp³-hybridized carbons (Fsp3) is 0.739. The minimum absolute atomic E-state index is 0.271. The second-order valence-electron chi connectivity index (χ2n) is 7.87. The second-order valence-corrected chi connectivity index (χ2v) is 7.87. The Morgan fingerprint density at radius 3 is 2.12 bits per heavy atom. The largest absolute Gasteiger partial charge is 0.493 e. The van der Waals surface area contributed by atoms with Crippen LogP contribution in [0.1, 0.15) is 69.8 Å². The molecule has 1 aromatic rings. The molecule has 0 atom stereocenters. The first-order valence-corrected chi connectivity index (χ1v) is 10.5. The molecule has 3 heteroatoms. The summed E-state index contributed by atoms with van der Waals surface area (Å²) in [6.07, 6.45) is 11.1. The molecule has 148 valence electrons. The monoisotopic (exact) mass is 362 g/mol. The summed E-state index contributed by atoms with van der Waals surface area (Å²) in [5.41, 5.74) is 1.48. The molecule has 0 aromatic heterocycles. The Labute approximate surface area is 160 Å². The smallest absolute Gasteiger partial charge is 0.119 e. The molecule has 0 spiro atoms. The molecule has 0 amide bonds. The topological polar surface area (TPSA) is 27.7 Å². The Bertz CT molecular complexity index is 457. The highest BCUT2D eigenvalue weighted by molar-refractivity contribution is 5.29. The number of hydrogen-bond acceptors (Lipinski definition) is 3. The first-order valence-electron chi connectivity index (χ1n) is 10.5. The molecule has 2 rings (SSSR count). The van der Waals surface area contributed by atoms with E-state index >= 15 is 0 Å². The van der Waals surface area contributed by atoms with Crippen LogP contribution in [0.25, 0.3) is 0 Å². The van der Waals surface area contributed by atoms with Gasteiger partial charge in [-0.3, -0.25) is 0 Å². The fourth-order valence-corrected chi connectivity index (χ4v) is 4.13. The van der Waals surface area contributed by atoms with Gasteiger partial charge in [0.25, 0.3) is 0 Å². The van der Waals surface area contributed by atoms with Crippen molar-refractivity contribution < 1.29 is 14.2 Å². The van der Waals surface area contributed by atoms with E-state index in [0.29, 0.717) is 19.8 Å². The lowest BCUT2D eigenvalue weighted by molar-refractivity contribution is 0.0579. The first kappa shape index (κ1) is 21.2. The maximum Gasteiger partial charge on any atom is 0.119 e. The summed E-state index contributed by atoms with van der Waals surface area (Å²) in [7, 11) is 3.44. The summed E-state index contributed by atoms with van der Waals surface area (Å²) in [6, 6.07) is 8.77. The van der Waals surface area contributed by atoms with Gasteiger partial charge in [-0.1, -0.05) is 44.7 Å². The van der Waals surface area contributed by atoms with Crippen molar-refractivity contribution in [2.45, 2.75) is 64.2 Å². The van der Waals surface area contributed by atoms with E-state index in [4.69, 9.17) is 14.2 Å².